The molecule has 1 fully saturated rings. The van der Waals surface area contributed by atoms with Crippen molar-refractivity contribution >= 4 is 11.9 Å². The van der Waals surface area contributed by atoms with Crippen molar-refractivity contribution in [3.63, 3.8) is 0 Å². The third-order valence-electron chi connectivity index (χ3n) is 3.10. The van der Waals surface area contributed by atoms with E-state index in [4.69, 9.17) is 5.11 Å². The van der Waals surface area contributed by atoms with Crippen LogP contribution < -0.4 is 5.32 Å². The number of hydrogen-bond acceptors (Lipinski definition) is 4. The Kier molecular flexibility index (Phi) is 6.56. The van der Waals surface area contributed by atoms with Crippen LogP contribution in [0.15, 0.2) is 30.3 Å². The van der Waals surface area contributed by atoms with Crippen LogP contribution in [0.1, 0.15) is 25.3 Å². The van der Waals surface area contributed by atoms with Gasteiger partial charge in [0, 0.05) is 19.5 Å². The maximum absolute atomic E-state index is 12.2. The molecular weight excluding hydrogens is 315 g/mol. The molecule has 0 unspecified atom stereocenters. The normalized spacial score (nSPS) is 15.7. The van der Waals surface area contributed by atoms with Crippen molar-refractivity contribution in [3.05, 3.63) is 35.9 Å². The molecule has 1 heterocycles. The van der Waals surface area contributed by atoms with E-state index in [1.54, 1.807) is 30.3 Å². The van der Waals surface area contributed by atoms with Crippen LogP contribution in [0.2, 0.25) is 0 Å². The third kappa shape index (κ3) is 5.55. The average Bonchev–Trinajstić information content (AvgIpc) is 2.43. The van der Waals surface area contributed by atoms with Gasteiger partial charge in [-0.05, 0) is 12.0 Å². The molecule has 2 rings (SSSR count). The van der Waals surface area contributed by atoms with Crippen LogP contribution in [0, 0.1) is 0 Å². The zero-order chi connectivity index (χ0) is 17.5. The van der Waals surface area contributed by atoms with Gasteiger partial charge in [0.15, 0.2) is 5.60 Å². The van der Waals surface area contributed by atoms with Crippen LogP contribution in [0.5, 0.6) is 0 Å². The monoisotopic (exact) mass is 333 g/mol. The lowest BCUT2D eigenvalue weighted by molar-refractivity contribution is -0.219. The van der Waals surface area contributed by atoms with Crippen LogP contribution >= 0.6 is 0 Å². The lowest BCUT2D eigenvalue weighted by atomic mass is 9.88. The molecule has 128 valence electrons. The number of aliphatic carboxylic acids is 1. The number of carboxylic acids is 1. The van der Waals surface area contributed by atoms with Crippen LogP contribution in [0.25, 0.3) is 0 Å². The SMILES string of the molecule is CCCC(=O)O.O=C(OC1(c2ccccc2)CNC1)C(F)(F)F. The largest absolute Gasteiger partial charge is 0.490 e. The predicted molar refractivity (Wildman–Crippen MR) is 75.7 cm³/mol. The highest BCUT2D eigenvalue weighted by atomic mass is 19.4. The molecular formula is C15H18F3NO4. The highest BCUT2D eigenvalue weighted by molar-refractivity contribution is 5.76. The molecule has 0 aromatic heterocycles. The van der Waals surface area contributed by atoms with E-state index >= 15 is 0 Å². The zero-order valence-electron chi connectivity index (χ0n) is 12.5. The summed E-state index contributed by atoms with van der Waals surface area (Å²) in [6, 6.07) is 8.41. The number of rotatable bonds is 4. The van der Waals surface area contributed by atoms with E-state index in [1.165, 1.54) is 0 Å². The Bertz CT molecular complexity index is 527. The molecule has 1 aliphatic rings. The van der Waals surface area contributed by atoms with Gasteiger partial charge in [-0.15, -0.1) is 0 Å². The topological polar surface area (TPSA) is 75.6 Å². The Labute approximate surface area is 131 Å². The minimum absolute atomic E-state index is 0.193. The van der Waals surface area contributed by atoms with E-state index in [9.17, 15) is 22.8 Å². The summed E-state index contributed by atoms with van der Waals surface area (Å²) >= 11 is 0. The second-order valence-electron chi connectivity index (χ2n) is 4.99. The van der Waals surface area contributed by atoms with Crippen LogP contribution in [-0.2, 0) is 19.9 Å². The summed E-state index contributed by atoms with van der Waals surface area (Å²) in [5.41, 5.74) is -0.621. The van der Waals surface area contributed by atoms with Gasteiger partial charge < -0.3 is 15.2 Å². The van der Waals surface area contributed by atoms with E-state index in [-0.39, 0.29) is 13.1 Å². The van der Waals surface area contributed by atoms with Crippen molar-refractivity contribution < 1.29 is 32.6 Å². The number of benzene rings is 1. The quantitative estimate of drug-likeness (QED) is 0.828. The van der Waals surface area contributed by atoms with Crippen molar-refractivity contribution in [1.82, 2.24) is 5.32 Å². The number of carboxylic acid groups (broad SMARTS) is 1. The van der Waals surface area contributed by atoms with E-state index < -0.39 is 23.7 Å². The van der Waals surface area contributed by atoms with Gasteiger partial charge in [-0.1, -0.05) is 37.3 Å². The Morgan fingerprint density at radius 3 is 2.13 bits per heavy atom. The summed E-state index contributed by atoms with van der Waals surface area (Å²) < 4.78 is 41.1. The standard InChI is InChI=1S/C11H10F3NO2.C4H8O2/c12-11(13,14)9(16)17-10(6-15-7-10)8-4-2-1-3-5-8;1-2-3-4(5)6/h1-5,15H,6-7H2;2-3H2,1H3,(H,5,6). The molecule has 0 bridgehead atoms. The fourth-order valence-corrected chi connectivity index (χ4v) is 1.88. The first-order valence-electron chi connectivity index (χ1n) is 6.99. The van der Waals surface area contributed by atoms with Crippen molar-refractivity contribution in [2.45, 2.75) is 31.5 Å². The number of carbonyl (C=O) groups excluding carboxylic acids is 1. The number of nitrogens with one attached hydrogen (secondary N) is 1. The molecule has 0 atom stereocenters. The fraction of sp³-hybridized carbons (Fsp3) is 0.467. The minimum Gasteiger partial charge on any atom is -0.481 e. The zero-order valence-corrected chi connectivity index (χ0v) is 12.5. The van der Waals surface area contributed by atoms with Gasteiger partial charge >= 0.3 is 18.1 Å². The summed E-state index contributed by atoms with van der Waals surface area (Å²) in [5, 5.41) is 10.7. The Hall–Kier alpha value is -2.09. The third-order valence-corrected chi connectivity index (χ3v) is 3.10. The molecule has 1 aromatic carbocycles. The van der Waals surface area contributed by atoms with Crippen molar-refractivity contribution in [2.75, 3.05) is 13.1 Å². The highest BCUT2D eigenvalue weighted by Crippen LogP contribution is 2.32. The molecule has 0 radical (unpaired) electrons. The second kappa shape index (κ2) is 7.96. The van der Waals surface area contributed by atoms with Gasteiger partial charge in [0.25, 0.3) is 0 Å². The van der Waals surface area contributed by atoms with Crippen LogP contribution in [-0.4, -0.2) is 36.3 Å². The highest BCUT2D eigenvalue weighted by Gasteiger charge is 2.50. The number of esters is 1. The molecule has 1 aromatic rings. The maximum atomic E-state index is 12.2. The summed E-state index contributed by atoms with van der Waals surface area (Å²) in [4.78, 5) is 20.5. The van der Waals surface area contributed by atoms with Crippen molar-refractivity contribution in [2.24, 2.45) is 0 Å². The molecule has 1 saturated heterocycles. The summed E-state index contributed by atoms with van der Waals surface area (Å²) in [7, 11) is 0. The molecule has 8 heteroatoms. The molecule has 0 aliphatic carbocycles. The van der Waals surface area contributed by atoms with E-state index in [1.807, 2.05) is 6.92 Å². The van der Waals surface area contributed by atoms with E-state index in [0.717, 1.165) is 6.42 Å². The molecule has 1 aliphatic heterocycles. The Morgan fingerprint density at radius 2 is 1.83 bits per heavy atom. The number of carbonyl (C=O) groups is 2. The maximum Gasteiger partial charge on any atom is 0.490 e. The number of hydrogen-bond donors (Lipinski definition) is 2. The van der Waals surface area contributed by atoms with Gasteiger partial charge in [-0.3, -0.25) is 4.79 Å². The Morgan fingerprint density at radius 1 is 1.26 bits per heavy atom. The summed E-state index contributed by atoms with van der Waals surface area (Å²) in [6.07, 6.45) is -3.94. The fourth-order valence-electron chi connectivity index (χ4n) is 1.88. The molecule has 0 amide bonds. The number of halogens is 3. The lowest BCUT2D eigenvalue weighted by Gasteiger charge is -2.42. The van der Waals surface area contributed by atoms with Crippen LogP contribution in [0.3, 0.4) is 0 Å². The molecule has 0 spiro atoms. The first-order valence-corrected chi connectivity index (χ1v) is 6.99. The average molecular weight is 333 g/mol. The smallest absolute Gasteiger partial charge is 0.481 e. The van der Waals surface area contributed by atoms with Crippen molar-refractivity contribution in [3.8, 4) is 0 Å². The van der Waals surface area contributed by atoms with Gasteiger partial charge in [0.1, 0.15) is 0 Å². The predicted octanol–water partition coefficient (Wildman–Crippen LogP) is 2.46. The summed E-state index contributed by atoms with van der Waals surface area (Å²) in [6.45, 7) is 2.23. The van der Waals surface area contributed by atoms with Gasteiger partial charge in [0.05, 0.1) is 0 Å². The van der Waals surface area contributed by atoms with Gasteiger partial charge in [-0.25, -0.2) is 4.79 Å². The van der Waals surface area contributed by atoms with Crippen molar-refractivity contribution in [1.29, 1.82) is 0 Å². The Balaban J connectivity index is 0.000000379. The second-order valence-corrected chi connectivity index (χ2v) is 4.99. The molecule has 5 nitrogen and oxygen atoms in total. The van der Waals surface area contributed by atoms with E-state index in [2.05, 4.69) is 10.1 Å². The number of ether oxygens (including phenoxy) is 1. The first kappa shape index (κ1) is 19.0. The van der Waals surface area contributed by atoms with E-state index in [0.29, 0.717) is 12.0 Å². The van der Waals surface area contributed by atoms with Gasteiger partial charge in [0.2, 0.25) is 0 Å². The lowest BCUT2D eigenvalue weighted by Crippen LogP contribution is -2.60. The van der Waals surface area contributed by atoms with Gasteiger partial charge in [-0.2, -0.15) is 13.2 Å². The molecule has 0 saturated carbocycles. The first-order chi connectivity index (χ1) is 10.7. The van der Waals surface area contributed by atoms with Crippen LogP contribution in [0.4, 0.5) is 13.2 Å². The molecule has 23 heavy (non-hydrogen) atoms. The number of alkyl halides is 3. The summed E-state index contributed by atoms with van der Waals surface area (Å²) in [5.74, 6) is -2.86. The molecule has 2 N–H and O–H groups in total. The minimum atomic E-state index is -4.96.